The Kier molecular flexibility index (Phi) is 9.98. The smallest absolute Gasteiger partial charge is 0.310 e. The third-order valence-electron chi connectivity index (χ3n) is 6.50. The third kappa shape index (κ3) is 7.16. The first-order chi connectivity index (χ1) is 20.2. The zero-order chi connectivity index (χ0) is 30.2. The van der Waals surface area contributed by atoms with Gasteiger partial charge in [0.15, 0.2) is 22.4 Å². The number of methoxy groups -OCH3 is 1. The second kappa shape index (κ2) is 13.8. The molecule has 0 atom stereocenters. The first-order valence-corrected chi connectivity index (χ1v) is 13.9. The number of rotatable bonds is 13. The van der Waals surface area contributed by atoms with Crippen LogP contribution in [0, 0.1) is 17.0 Å². The molecule has 0 radical (unpaired) electrons. The lowest BCUT2D eigenvalue weighted by molar-refractivity contribution is -0.386. The zero-order valence-corrected chi connectivity index (χ0v) is 24.8. The summed E-state index contributed by atoms with van der Waals surface area (Å²) in [6, 6.07) is 15.8. The highest BCUT2D eigenvalue weighted by Gasteiger charge is 2.30. The first-order valence-electron chi connectivity index (χ1n) is 13.5. The lowest BCUT2D eigenvalue weighted by Gasteiger charge is -2.16. The summed E-state index contributed by atoms with van der Waals surface area (Å²) in [4.78, 5) is 25.7. The SMILES string of the molecule is CCOc1ccc(CCN2C(=O)/C(=C\c3ccc(OC)c(COc4cc(C)ccc4[N+](=O)[O-])c3)NC2=S)cc1OCC. The molecule has 1 amide bonds. The number of benzene rings is 3. The number of nitro benzene ring substituents is 1. The van der Waals surface area contributed by atoms with E-state index in [-0.39, 0.29) is 24.0 Å². The average molecular weight is 592 g/mol. The Balaban J connectivity index is 1.48. The first kappa shape index (κ1) is 30.3. The maximum absolute atomic E-state index is 13.3. The van der Waals surface area contributed by atoms with Crippen LogP contribution < -0.4 is 24.3 Å². The monoisotopic (exact) mass is 591 g/mol. The summed E-state index contributed by atoms with van der Waals surface area (Å²) in [6.45, 7) is 7.14. The molecule has 1 saturated heterocycles. The summed E-state index contributed by atoms with van der Waals surface area (Å²) in [5, 5.41) is 14.8. The Morgan fingerprint density at radius 3 is 2.40 bits per heavy atom. The van der Waals surface area contributed by atoms with Gasteiger partial charge in [-0.1, -0.05) is 18.2 Å². The number of carbonyl (C=O) groups is 1. The Morgan fingerprint density at radius 1 is 0.952 bits per heavy atom. The minimum Gasteiger partial charge on any atom is -0.496 e. The molecule has 1 aliphatic heterocycles. The molecule has 0 spiro atoms. The van der Waals surface area contributed by atoms with Crippen molar-refractivity contribution in [2.75, 3.05) is 26.9 Å². The minimum absolute atomic E-state index is 0.0300. The van der Waals surface area contributed by atoms with Crippen LogP contribution in [-0.4, -0.2) is 47.7 Å². The topological polar surface area (TPSA) is 112 Å². The summed E-state index contributed by atoms with van der Waals surface area (Å²) in [5.74, 6) is 1.84. The van der Waals surface area contributed by atoms with Gasteiger partial charge in [0.1, 0.15) is 18.1 Å². The van der Waals surface area contributed by atoms with Gasteiger partial charge in [0.25, 0.3) is 5.91 Å². The van der Waals surface area contributed by atoms with Crippen molar-refractivity contribution in [3.05, 3.63) is 92.7 Å². The number of nitro groups is 1. The third-order valence-corrected chi connectivity index (χ3v) is 6.83. The summed E-state index contributed by atoms with van der Waals surface area (Å²) in [7, 11) is 1.53. The molecule has 220 valence electrons. The number of carbonyl (C=O) groups excluding carboxylic acids is 1. The van der Waals surface area contributed by atoms with Crippen molar-refractivity contribution in [2.45, 2.75) is 33.8 Å². The van der Waals surface area contributed by atoms with Gasteiger partial charge in [-0.05, 0) is 92.5 Å². The number of hydrogen-bond acceptors (Lipinski definition) is 8. The van der Waals surface area contributed by atoms with Crippen molar-refractivity contribution in [3.63, 3.8) is 0 Å². The highest BCUT2D eigenvalue weighted by Crippen LogP contribution is 2.31. The summed E-state index contributed by atoms with van der Waals surface area (Å²) in [5.41, 5.74) is 3.42. The Labute approximate surface area is 250 Å². The summed E-state index contributed by atoms with van der Waals surface area (Å²) in [6.07, 6.45) is 2.28. The largest absolute Gasteiger partial charge is 0.496 e. The normalized spacial score (nSPS) is 13.7. The van der Waals surface area contributed by atoms with Gasteiger partial charge in [-0.25, -0.2) is 0 Å². The van der Waals surface area contributed by atoms with Crippen molar-refractivity contribution in [3.8, 4) is 23.0 Å². The fourth-order valence-electron chi connectivity index (χ4n) is 4.48. The molecule has 10 nitrogen and oxygen atoms in total. The lowest BCUT2D eigenvalue weighted by Crippen LogP contribution is -2.32. The number of thiocarbonyl (C=S) groups is 1. The Hall–Kier alpha value is -4.64. The second-order valence-corrected chi connectivity index (χ2v) is 9.82. The van der Waals surface area contributed by atoms with Crippen molar-refractivity contribution in [2.24, 2.45) is 0 Å². The fourth-order valence-corrected chi connectivity index (χ4v) is 4.76. The second-order valence-electron chi connectivity index (χ2n) is 9.43. The van der Waals surface area contributed by atoms with E-state index in [0.717, 1.165) is 11.1 Å². The molecule has 3 aromatic carbocycles. The number of amides is 1. The summed E-state index contributed by atoms with van der Waals surface area (Å²) >= 11 is 5.47. The minimum atomic E-state index is -0.480. The predicted octanol–water partition coefficient (Wildman–Crippen LogP) is 5.59. The van der Waals surface area contributed by atoms with Crippen LogP contribution in [0.2, 0.25) is 0 Å². The number of hydrogen-bond donors (Lipinski definition) is 1. The maximum atomic E-state index is 13.3. The van der Waals surface area contributed by atoms with Gasteiger partial charge in [-0.15, -0.1) is 0 Å². The van der Waals surface area contributed by atoms with Crippen LogP contribution >= 0.6 is 12.2 Å². The van der Waals surface area contributed by atoms with E-state index in [2.05, 4.69) is 5.32 Å². The molecule has 1 aliphatic rings. The van der Waals surface area contributed by atoms with Gasteiger partial charge < -0.3 is 24.3 Å². The maximum Gasteiger partial charge on any atom is 0.310 e. The lowest BCUT2D eigenvalue weighted by atomic mass is 10.1. The van der Waals surface area contributed by atoms with Crippen LogP contribution in [0.15, 0.2) is 60.3 Å². The van der Waals surface area contributed by atoms with Crippen molar-refractivity contribution in [1.82, 2.24) is 10.2 Å². The molecule has 0 bridgehead atoms. The van der Waals surface area contributed by atoms with Crippen molar-refractivity contribution in [1.29, 1.82) is 0 Å². The highest BCUT2D eigenvalue weighted by molar-refractivity contribution is 7.80. The molecule has 1 fully saturated rings. The van der Waals surface area contributed by atoms with Crippen LogP contribution in [0.25, 0.3) is 6.08 Å². The average Bonchev–Trinajstić information content (AvgIpc) is 3.23. The molecule has 0 unspecified atom stereocenters. The van der Waals surface area contributed by atoms with Crippen LogP contribution in [0.3, 0.4) is 0 Å². The molecule has 3 aromatic rings. The van der Waals surface area contributed by atoms with E-state index < -0.39 is 4.92 Å². The molecule has 1 heterocycles. The van der Waals surface area contributed by atoms with E-state index in [1.54, 1.807) is 30.3 Å². The van der Waals surface area contributed by atoms with Crippen LogP contribution in [0.4, 0.5) is 5.69 Å². The Morgan fingerprint density at radius 2 is 1.69 bits per heavy atom. The number of nitrogens with zero attached hydrogens (tertiary/aromatic N) is 2. The van der Waals surface area contributed by atoms with Crippen LogP contribution in [-0.2, 0) is 17.8 Å². The van der Waals surface area contributed by atoms with E-state index in [1.807, 2.05) is 45.0 Å². The van der Waals surface area contributed by atoms with E-state index >= 15 is 0 Å². The number of ether oxygens (including phenoxy) is 4. The van der Waals surface area contributed by atoms with Gasteiger partial charge in [0.05, 0.1) is 25.2 Å². The van der Waals surface area contributed by atoms with Crippen molar-refractivity contribution < 1.29 is 28.7 Å². The highest BCUT2D eigenvalue weighted by atomic mass is 32.1. The van der Waals surface area contributed by atoms with E-state index in [9.17, 15) is 14.9 Å². The molecule has 0 aromatic heterocycles. The predicted molar refractivity (Wildman–Crippen MR) is 163 cm³/mol. The van der Waals surface area contributed by atoms with Crippen LogP contribution in [0.1, 0.15) is 36.1 Å². The van der Waals surface area contributed by atoms with Gasteiger partial charge >= 0.3 is 5.69 Å². The fraction of sp³-hybridized carbons (Fsp3) is 0.290. The van der Waals surface area contributed by atoms with Crippen LogP contribution in [0.5, 0.6) is 23.0 Å². The van der Waals surface area contributed by atoms with Gasteiger partial charge in [-0.3, -0.25) is 19.8 Å². The molecular formula is C31H33N3O7S. The molecule has 1 N–H and O–H groups in total. The Bertz CT molecular complexity index is 1520. The standard InChI is InChI=1S/C31H33N3O7S/c1-5-39-27-12-8-21(18-29(27)40-6-2)13-14-33-30(35)24(32-31(33)42)17-22-9-11-26(38-4)23(16-22)19-41-28-15-20(3)7-10-25(28)34(36)37/h7-12,15-18H,5-6,13-14,19H2,1-4H3,(H,32,42)/b24-17+. The van der Waals surface area contributed by atoms with E-state index in [0.29, 0.717) is 65.4 Å². The molecule has 0 aliphatic carbocycles. The quantitative estimate of drug-likeness (QED) is 0.118. The van der Waals surface area contributed by atoms with E-state index in [1.165, 1.54) is 18.1 Å². The van der Waals surface area contributed by atoms with Gasteiger partial charge in [0, 0.05) is 18.2 Å². The molecule has 0 saturated carbocycles. The van der Waals surface area contributed by atoms with Crippen molar-refractivity contribution >= 4 is 35.0 Å². The zero-order valence-electron chi connectivity index (χ0n) is 24.0. The molecule has 11 heteroatoms. The van der Waals surface area contributed by atoms with Gasteiger partial charge in [0.2, 0.25) is 0 Å². The number of aryl methyl sites for hydroxylation is 1. The van der Waals surface area contributed by atoms with Gasteiger partial charge in [-0.2, -0.15) is 0 Å². The molecular weight excluding hydrogens is 558 g/mol. The number of nitrogens with one attached hydrogen (secondary N) is 1. The van der Waals surface area contributed by atoms with E-state index in [4.69, 9.17) is 31.2 Å². The molecule has 42 heavy (non-hydrogen) atoms. The summed E-state index contributed by atoms with van der Waals surface area (Å²) < 4.78 is 22.7. The molecule has 4 rings (SSSR count).